The monoisotopic (exact) mass is 571 g/mol. The number of aromatic nitrogens is 1. The standard InChI is InChI=1S/C22H22ClN3O7S3/c1-3-33-21(29)13-6-7-14-16(11-13)34-22(25(14)12-18(27)32-2)24-20(28)15-5-4-10-26(15)36(30,31)19-9-8-17(23)35-19/h6-9,11,15H,3-5,10,12H2,1-2H3. The molecule has 192 valence electrons. The Hall–Kier alpha value is -2.58. The number of halogens is 1. The first kappa shape index (κ1) is 26.5. The second-order valence-corrected chi connectivity index (χ2v) is 12.6. The predicted molar refractivity (Wildman–Crippen MR) is 135 cm³/mol. The lowest BCUT2D eigenvalue weighted by Crippen LogP contribution is -2.40. The third kappa shape index (κ3) is 5.25. The fourth-order valence-corrected chi connectivity index (χ4v) is 8.18. The predicted octanol–water partition coefficient (Wildman–Crippen LogP) is 3.05. The normalized spacial score (nSPS) is 17.0. The molecule has 0 radical (unpaired) electrons. The summed E-state index contributed by atoms with van der Waals surface area (Å²) >= 11 is 7.94. The van der Waals surface area contributed by atoms with Crippen molar-refractivity contribution in [2.45, 2.75) is 36.6 Å². The average molecular weight is 572 g/mol. The molecule has 14 heteroatoms. The van der Waals surface area contributed by atoms with E-state index >= 15 is 0 Å². The van der Waals surface area contributed by atoms with E-state index in [1.807, 2.05) is 0 Å². The summed E-state index contributed by atoms with van der Waals surface area (Å²) in [6.45, 7) is 1.88. The molecule has 1 amide bonds. The molecule has 0 bridgehead atoms. The molecule has 1 saturated heterocycles. The Balaban J connectivity index is 1.74. The molecule has 3 heterocycles. The SMILES string of the molecule is CCOC(=O)c1ccc2c(c1)sc(=NC(=O)C1CCCN1S(=O)(=O)c1ccc(Cl)s1)n2CC(=O)OC. The van der Waals surface area contributed by atoms with Crippen LogP contribution in [0, 0.1) is 0 Å². The topological polar surface area (TPSA) is 124 Å². The smallest absolute Gasteiger partial charge is 0.338 e. The maximum absolute atomic E-state index is 13.3. The van der Waals surface area contributed by atoms with Crippen molar-refractivity contribution in [3.63, 3.8) is 0 Å². The number of carbonyl (C=O) groups excluding carboxylic acids is 3. The highest BCUT2D eigenvalue weighted by atomic mass is 35.5. The van der Waals surface area contributed by atoms with Crippen molar-refractivity contribution in [2.75, 3.05) is 20.3 Å². The summed E-state index contributed by atoms with van der Waals surface area (Å²) in [6.07, 6.45) is 0.817. The van der Waals surface area contributed by atoms with Crippen LogP contribution in [0.5, 0.6) is 0 Å². The van der Waals surface area contributed by atoms with E-state index in [-0.39, 0.29) is 28.7 Å². The van der Waals surface area contributed by atoms with Crippen LogP contribution in [0.1, 0.15) is 30.1 Å². The number of sulfonamides is 1. The Morgan fingerprint density at radius 1 is 1.19 bits per heavy atom. The van der Waals surface area contributed by atoms with Crippen LogP contribution >= 0.6 is 34.3 Å². The lowest BCUT2D eigenvalue weighted by Gasteiger charge is -2.20. The van der Waals surface area contributed by atoms with Gasteiger partial charge in [-0.3, -0.25) is 9.59 Å². The molecule has 3 aromatic rings. The van der Waals surface area contributed by atoms with Crippen LogP contribution < -0.4 is 4.80 Å². The molecule has 2 aromatic heterocycles. The van der Waals surface area contributed by atoms with Crippen LogP contribution in [0.15, 0.2) is 39.5 Å². The van der Waals surface area contributed by atoms with E-state index in [2.05, 4.69) is 4.99 Å². The zero-order valence-corrected chi connectivity index (χ0v) is 22.5. The van der Waals surface area contributed by atoms with E-state index in [1.165, 1.54) is 23.8 Å². The second-order valence-electron chi connectivity index (χ2n) is 7.73. The number of hydrogen-bond acceptors (Lipinski definition) is 9. The number of ether oxygens (including phenoxy) is 2. The fourth-order valence-electron chi connectivity index (χ4n) is 3.84. The van der Waals surface area contributed by atoms with E-state index in [0.29, 0.717) is 33.0 Å². The van der Waals surface area contributed by atoms with Crippen molar-refractivity contribution in [3.8, 4) is 0 Å². The molecule has 1 atom stereocenters. The molecule has 1 fully saturated rings. The number of rotatable bonds is 7. The maximum atomic E-state index is 13.3. The molecule has 10 nitrogen and oxygen atoms in total. The Kier molecular flexibility index (Phi) is 7.95. The van der Waals surface area contributed by atoms with E-state index < -0.39 is 33.9 Å². The zero-order valence-electron chi connectivity index (χ0n) is 19.3. The first-order valence-corrected chi connectivity index (χ1v) is 14.3. The summed E-state index contributed by atoms with van der Waals surface area (Å²) < 4.78 is 39.7. The van der Waals surface area contributed by atoms with Crippen molar-refractivity contribution >= 4 is 72.4 Å². The quantitative estimate of drug-likeness (QED) is 0.399. The van der Waals surface area contributed by atoms with Crippen molar-refractivity contribution in [1.82, 2.24) is 8.87 Å². The Labute approximate surface area is 219 Å². The fraction of sp³-hybridized carbons (Fsp3) is 0.364. The van der Waals surface area contributed by atoms with Gasteiger partial charge in [0.25, 0.3) is 15.9 Å². The molecule has 1 aromatic carbocycles. The Bertz CT molecular complexity index is 1510. The minimum absolute atomic E-state index is 0.0568. The van der Waals surface area contributed by atoms with Gasteiger partial charge in [-0.15, -0.1) is 11.3 Å². The highest BCUT2D eigenvalue weighted by molar-refractivity contribution is 7.91. The third-order valence-electron chi connectivity index (χ3n) is 5.51. The van der Waals surface area contributed by atoms with Crippen LogP contribution in [-0.2, 0) is 35.6 Å². The number of fused-ring (bicyclic) bond motifs is 1. The number of nitrogens with zero attached hydrogens (tertiary/aromatic N) is 3. The number of benzene rings is 1. The molecular weight excluding hydrogens is 550 g/mol. The van der Waals surface area contributed by atoms with Crippen molar-refractivity contribution < 1.29 is 32.3 Å². The summed E-state index contributed by atoms with van der Waals surface area (Å²) in [6, 6.07) is 6.72. The van der Waals surface area contributed by atoms with Gasteiger partial charge in [0, 0.05) is 6.54 Å². The van der Waals surface area contributed by atoms with Gasteiger partial charge >= 0.3 is 11.9 Å². The number of thiophene rings is 1. The number of carbonyl (C=O) groups is 3. The molecule has 36 heavy (non-hydrogen) atoms. The van der Waals surface area contributed by atoms with Gasteiger partial charge in [0.05, 0.1) is 33.8 Å². The highest BCUT2D eigenvalue weighted by Crippen LogP contribution is 2.32. The third-order valence-corrected chi connectivity index (χ3v) is 10.2. The lowest BCUT2D eigenvalue weighted by molar-refractivity contribution is -0.141. The number of amides is 1. The van der Waals surface area contributed by atoms with Gasteiger partial charge < -0.3 is 14.0 Å². The summed E-state index contributed by atoms with van der Waals surface area (Å²) in [7, 11) is -2.68. The van der Waals surface area contributed by atoms with Crippen LogP contribution in [0.25, 0.3) is 10.2 Å². The van der Waals surface area contributed by atoms with Crippen LogP contribution in [0.4, 0.5) is 0 Å². The van der Waals surface area contributed by atoms with Crippen LogP contribution in [0.3, 0.4) is 0 Å². The van der Waals surface area contributed by atoms with Crippen LogP contribution in [-0.4, -0.2) is 61.4 Å². The molecule has 1 unspecified atom stereocenters. The first-order valence-electron chi connectivity index (χ1n) is 10.9. The summed E-state index contributed by atoms with van der Waals surface area (Å²) in [4.78, 5) is 41.9. The van der Waals surface area contributed by atoms with Gasteiger partial charge in [0.15, 0.2) is 4.80 Å². The summed E-state index contributed by atoms with van der Waals surface area (Å²) in [5, 5.41) is 0. The minimum Gasteiger partial charge on any atom is -0.468 e. The molecule has 1 aliphatic rings. The minimum atomic E-state index is -3.93. The average Bonchev–Trinajstić information content (AvgIpc) is 3.58. The maximum Gasteiger partial charge on any atom is 0.338 e. The Morgan fingerprint density at radius 3 is 2.64 bits per heavy atom. The molecule has 4 rings (SSSR count). The number of esters is 2. The number of hydrogen-bond donors (Lipinski definition) is 0. The lowest BCUT2D eigenvalue weighted by atomic mass is 10.2. The van der Waals surface area contributed by atoms with E-state index in [4.69, 9.17) is 21.1 Å². The largest absolute Gasteiger partial charge is 0.468 e. The summed E-state index contributed by atoms with van der Waals surface area (Å²) in [5.74, 6) is -1.70. The Morgan fingerprint density at radius 2 is 1.97 bits per heavy atom. The van der Waals surface area contributed by atoms with Crippen LogP contribution in [0.2, 0.25) is 4.34 Å². The molecule has 0 aliphatic carbocycles. The first-order chi connectivity index (χ1) is 17.1. The van der Waals surface area contributed by atoms with Crippen molar-refractivity contribution in [1.29, 1.82) is 0 Å². The highest BCUT2D eigenvalue weighted by Gasteiger charge is 2.40. The zero-order chi connectivity index (χ0) is 26.0. The van der Waals surface area contributed by atoms with E-state index in [1.54, 1.807) is 25.1 Å². The van der Waals surface area contributed by atoms with E-state index in [0.717, 1.165) is 27.0 Å². The number of thiazole rings is 1. The van der Waals surface area contributed by atoms with E-state index in [9.17, 15) is 22.8 Å². The molecule has 1 aliphatic heterocycles. The van der Waals surface area contributed by atoms with Crippen molar-refractivity contribution in [2.24, 2.45) is 4.99 Å². The van der Waals surface area contributed by atoms with Gasteiger partial charge in [-0.25, -0.2) is 13.2 Å². The number of methoxy groups -OCH3 is 1. The van der Waals surface area contributed by atoms with Crippen molar-refractivity contribution in [3.05, 3.63) is 45.0 Å². The second kappa shape index (κ2) is 10.8. The molecule has 0 N–H and O–H groups in total. The van der Waals surface area contributed by atoms with Gasteiger partial charge in [0.1, 0.15) is 16.8 Å². The van der Waals surface area contributed by atoms with Gasteiger partial charge in [-0.2, -0.15) is 9.30 Å². The molecular formula is C22H22ClN3O7S3. The van der Waals surface area contributed by atoms with Gasteiger partial charge in [-0.1, -0.05) is 22.9 Å². The van der Waals surface area contributed by atoms with Gasteiger partial charge in [-0.05, 0) is 50.1 Å². The molecule has 0 saturated carbocycles. The summed E-state index contributed by atoms with van der Waals surface area (Å²) in [5.41, 5.74) is 0.880. The van der Waals surface area contributed by atoms with Gasteiger partial charge in [0.2, 0.25) is 0 Å². The molecule has 0 spiro atoms.